The Morgan fingerprint density at radius 2 is 1.84 bits per heavy atom. The number of halogens is 6. The van der Waals surface area contributed by atoms with Gasteiger partial charge < -0.3 is 30.4 Å². The summed E-state index contributed by atoms with van der Waals surface area (Å²) in [7, 11) is 1.72. The van der Waals surface area contributed by atoms with Gasteiger partial charge in [-0.2, -0.15) is 18.3 Å². The predicted octanol–water partition coefficient (Wildman–Crippen LogP) is 4.29. The molecule has 0 spiro atoms. The molecule has 0 atom stereocenters. The molecule has 3 aromatic rings. The van der Waals surface area contributed by atoms with E-state index in [0.29, 0.717) is 34.3 Å². The van der Waals surface area contributed by atoms with Gasteiger partial charge in [0.1, 0.15) is 12.4 Å². The standard InChI is InChI=1S/C20H17ClF2N4O4.C2HF3O2/c1-27-18(14(21)10-25-27)13-9-12(3-5-15(13)29-7-6-24)26-19(28)11-2-4-16-17(8-11)31-20(22,23)30-16;3-2(4,5)1(6)7/h2-5,8-10H,6-7,24H2,1H3,(H,26,28);(H,6,7). The quantitative estimate of drug-likeness (QED) is 0.377. The van der Waals surface area contributed by atoms with Crippen LogP contribution in [0.1, 0.15) is 10.4 Å². The lowest BCUT2D eigenvalue weighted by Gasteiger charge is -2.14. The number of anilines is 1. The van der Waals surface area contributed by atoms with Crippen molar-refractivity contribution in [3.63, 3.8) is 0 Å². The summed E-state index contributed by atoms with van der Waals surface area (Å²) in [5.74, 6) is -3.13. The molecule has 0 fully saturated rings. The SMILES string of the molecule is Cn1ncc(Cl)c1-c1cc(NC(=O)c2ccc3c(c2)OC(F)(F)O3)ccc1OCCN.O=C(O)C(F)(F)F. The number of nitrogens with zero attached hydrogens (tertiary/aromatic N) is 2. The van der Waals surface area contributed by atoms with Crippen molar-refractivity contribution in [2.75, 3.05) is 18.5 Å². The maximum atomic E-state index is 13.2. The van der Waals surface area contributed by atoms with Gasteiger partial charge in [0.15, 0.2) is 11.5 Å². The number of rotatable bonds is 6. The van der Waals surface area contributed by atoms with Gasteiger partial charge in [-0.15, -0.1) is 8.78 Å². The highest BCUT2D eigenvalue weighted by atomic mass is 35.5. The van der Waals surface area contributed by atoms with E-state index in [1.54, 1.807) is 29.9 Å². The molecular weight excluding hydrogens is 547 g/mol. The zero-order valence-electron chi connectivity index (χ0n) is 19.2. The number of hydrogen-bond donors (Lipinski definition) is 3. The predicted molar refractivity (Wildman–Crippen MR) is 122 cm³/mol. The van der Waals surface area contributed by atoms with Crippen LogP contribution in [0.5, 0.6) is 17.2 Å². The number of nitrogens with two attached hydrogens (primary N) is 1. The summed E-state index contributed by atoms with van der Waals surface area (Å²) < 4.78 is 74.2. The van der Waals surface area contributed by atoms with Crippen molar-refractivity contribution in [3.8, 4) is 28.5 Å². The first-order valence-electron chi connectivity index (χ1n) is 10.4. The molecule has 0 bridgehead atoms. The first kappa shape index (κ1) is 28.5. The monoisotopic (exact) mass is 564 g/mol. The van der Waals surface area contributed by atoms with Gasteiger partial charge in [0.25, 0.3) is 5.91 Å². The van der Waals surface area contributed by atoms with E-state index in [1.165, 1.54) is 24.4 Å². The second kappa shape index (κ2) is 11.1. The summed E-state index contributed by atoms with van der Waals surface area (Å²) in [5.41, 5.74) is 7.27. The van der Waals surface area contributed by atoms with Crippen molar-refractivity contribution < 1.29 is 50.9 Å². The average molecular weight is 565 g/mol. The topological polar surface area (TPSA) is 138 Å². The van der Waals surface area contributed by atoms with Gasteiger partial charge in [-0.1, -0.05) is 11.6 Å². The number of hydrogen-bond acceptors (Lipinski definition) is 7. The fourth-order valence-corrected chi connectivity index (χ4v) is 3.36. The molecule has 4 rings (SSSR count). The minimum absolute atomic E-state index is 0.114. The smallest absolute Gasteiger partial charge is 0.492 e. The van der Waals surface area contributed by atoms with Crippen LogP contribution in [0.25, 0.3) is 11.3 Å². The van der Waals surface area contributed by atoms with Crippen LogP contribution in [-0.2, 0) is 11.8 Å². The largest absolute Gasteiger partial charge is 0.586 e. The number of alkyl halides is 5. The summed E-state index contributed by atoms with van der Waals surface area (Å²) in [4.78, 5) is 21.6. The van der Waals surface area contributed by atoms with Gasteiger partial charge >= 0.3 is 18.4 Å². The molecular formula is C22H18ClF5N4O6. The van der Waals surface area contributed by atoms with Crippen molar-refractivity contribution in [2.45, 2.75) is 12.5 Å². The number of amides is 1. The molecule has 1 amide bonds. The molecule has 1 aliphatic heterocycles. The average Bonchev–Trinajstić information content (AvgIpc) is 3.33. The summed E-state index contributed by atoms with van der Waals surface area (Å²) in [6, 6.07) is 8.77. The van der Waals surface area contributed by atoms with Crippen molar-refractivity contribution in [1.29, 1.82) is 0 Å². The fourth-order valence-electron chi connectivity index (χ4n) is 3.09. The normalized spacial score (nSPS) is 13.4. The number of ether oxygens (including phenoxy) is 3. The molecule has 1 aliphatic rings. The van der Waals surface area contributed by atoms with Crippen molar-refractivity contribution in [2.24, 2.45) is 12.8 Å². The number of aryl methyl sites for hydroxylation is 1. The van der Waals surface area contributed by atoms with Gasteiger partial charge in [0.05, 0.1) is 16.9 Å². The molecule has 0 radical (unpaired) electrons. The van der Waals surface area contributed by atoms with E-state index in [-0.39, 0.29) is 23.7 Å². The molecule has 0 aliphatic carbocycles. The Morgan fingerprint density at radius 1 is 1.18 bits per heavy atom. The van der Waals surface area contributed by atoms with E-state index >= 15 is 0 Å². The molecule has 2 heterocycles. The number of nitrogens with one attached hydrogen (secondary N) is 1. The summed E-state index contributed by atoms with van der Waals surface area (Å²) in [5, 5.41) is 14.4. The number of carbonyl (C=O) groups excluding carboxylic acids is 1. The number of aromatic nitrogens is 2. The number of aliphatic carboxylic acids is 1. The van der Waals surface area contributed by atoms with Crippen LogP contribution in [-0.4, -0.2) is 52.4 Å². The number of carboxylic acid groups (broad SMARTS) is 1. The van der Waals surface area contributed by atoms with E-state index in [2.05, 4.69) is 19.9 Å². The van der Waals surface area contributed by atoms with Crippen LogP contribution in [0.4, 0.5) is 27.6 Å². The highest BCUT2D eigenvalue weighted by molar-refractivity contribution is 6.33. The highest BCUT2D eigenvalue weighted by Gasteiger charge is 2.43. The molecule has 0 saturated heterocycles. The Labute approximate surface area is 215 Å². The Bertz CT molecular complexity index is 1330. The third-order valence-corrected chi connectivity index (χ3v) is 4.94. The van der Waals surface area contributed by atoms with Crippen LogP contribution in [0.15, 0.2) is 42.6 Å². The summed E-state index contributed by atoms with van der Waals surface area (Å²) in [6.45, 7) is 0.607. The van der Waals surface area contributed by atoms with Crippen molar-refractivity contribution in [1.82, 2.24) is 9.78 Å². The summed E-state index contributed by atoms with van der Waals surface area (Å²) in [6.07, 6.45) is -7.34. The van der Waals surface area contributed by atoms with Gasteiger partial charge in [-0.05, 0) is 36.4 Å². The van der Waals surface area contributed by atoms with Crippen LogP contribution in [0.3, 0.4) is 0 Å². The van der Waals surface area contributed by atoms with Crippen molar-refractivity contribution >= 4 is 29.2 Å². The van der Waals surface area contributed by atoms with Crippen LogP contribution >= 0.6 is 11.6 Å². The van der Waals surface area contributed by atoms with E-state index in [0.717, 1.165) is 0 Å². The Morgan fingerprint density at radius 3 is 2.42 bits per heavy atom. The maximum absolute atomic E-state index is 13.2. The zero-order valence-corrected chi connectivity index (χ0v) is 19.9. The maximum Gasteiger partial charge on any atom is 0.586 e. The third kappa shape index (κ3) is 6.80. The van der Waals surface area contributed by atoms with Gasteiger partial charge in [-0.3, -0.25) is 9.48 Å². The number of fused-ring (bicyclic) bond motifs is 1. The van der Waals surface area contributed by atoms with Crippen LogP contribution in [0.2, 0.25) is 5.02 Å². The lowest BCUT2D eigenvalue weighted by molar-refractivity contribution is -0.286. The fraction of sp³-hybridized carbons (Fsp3) is 0.227. The third-order valence-electron chi connectivity index (χ3n) is 4.67. The summed E-state index contributed by atoms with van der Waals surface area (Å²) >= 11 is 6.28. The van der Waals surface area contributed by atoms with Crippen LogP contribution < -0.4 is 25.3 Å². The first-order chi connectivity index (χ1) is 17.7. The Hall–Kier alpha value is -4.11. The molecule has 204 valence electrons. The Balaban J connectivity index is 0.000000505. The van der Waals surface area contributed by atoms with Gasteiger partial charge in [-0.25, -0.2) is 4.79 Å². The van der Waals surface area contributed by atoms with Gasteiger partial charge in [0.2, 0.25) is 0 Å². The number of carbonyl (C=O) groups is 2. The minimum Gasteiger partial charge on any atom is -0.492 e. The highest BCUT2D eigenvalue weighted by Crippen LogP contribution is 2.41. The molecule has 0 saturated carbocycles. The lowest BCUT2D eigenvalue weighted by atomic mass is 10.1. The van der Waals surface area contributed by atoms with E-state index < -0.39 is 24.3 Å². The molecule has 10 nitrogen and oxygen atoms in total. The van der Waals surface area contributed by atoms with Crippen LogP contribution in [0, 0.1) is 0 Å². The molecule has 2 aromatic carbocycles. The molecule has 16 heteroatoms. The minimum atomic E-state index is -5.08. The molecule has 4 N–H and O–H groups in total. The first-order valence-corrected chi connectivity index (χ1v) is 10.8. The zero-order chi connectivity index (χ0) is 28.3. The lowest BCUT2D eigenvalue weighted by Crippen LogP contribution is -2.25. The molecule has 1 aromatic heterocycles. The second-order valence-corrected chi connectivity index (χ2v) is 7.81. The van der Waals surface area contributed by atoms with E-state index in [1.807, 2.05) is 0 Å². The number of carboxylic acids is 1. The van der Waals surface area contributed by atoms with E-state index in [9.17, 15) is 26.7 Å². The molecule has 0 unspecified atom stereocenters. The molecule has 38 heavy (non-hydrogen) atoms. The van der Waals surface area contributed by atoms with Crippen molar-refractivity contribution in [3.05, 3.63) is 53.2 Å². The van der Waals surface area contributed by atoms with Gasteiger partial charge in [0, 0.05) is 30.4 Å². The second-order valence-electron chi connectivity index (χ2n) is 7.40. The van der Waals surface area contributed by atoms with E-state index in [4.69, 9.17) is 32.0 Å². The Kier molecular flexibility index (Phi) is 8.31. The number of benzene rings is 2.